The van der Waals surface area contributed by atoms with Crippen molar-refractivity contribution in [1.29, 1.82) is 0 Å². The van der Waals surface area contributed by atoms with Gasteiger partial charge in [-0.2, -0.15) is 0 Å². The molecular formula is C12H13NO2. The van der Waals surface area contributed by atoms with Crippen LogP contribution in [0.15, 0.2) is 18.3 Å². The topological polar surface area (TPSA) is 53.4 Å². The van der Waals surface area contributed by atoms with Crippen molar-refractivity contribution in [2.45, 2.75) is 20.3 Å². The third-order valence-corrected chi connectivity index (χ3v) is 2.64. The van der Waals surface area contributed by atoms with Crippen LogP contribution in [0, 0.1) is 6.92 Å². The summed E-state index contributed by atoms with van der Waals surface area (Å²) in [5, 5.41) is 20.9. The van der Waals surface area contributed by atoms with Gasteiger partial charge in [-0.05, 0) is 30.9 Å². The maximum atomic E-state index is 9.80. The Morgan fingerprint density at radius 1 is 1.27 bits per heavy atom. The summed E-state index contributed by atoms with van der Waals surface area (Å²) in [5.41, 5.74) is 1.44. The van der Waals surface area contributed by atoms with Gasteiger partial charge < -0.3 is 10.2 Å². The Balaban J connectivity index is 2.80. The van der Waals surface area contributed by atoms with Crippen molar-refractivity contribution >= 4 is 10.8 Å². The number of phenols is 2. The summed E-state index contributed by atoms with van der Waals surface area (Å²) in [5.74, 6) is 0.230. The molecule has 0 fully saturated rings. The van der Waals surface area contributed by atoms with E-state index in [0.717, 1.165) is 17.5 Å². The Labute approximate surface area is 88.0 Å². The number of benzene rings is 1. The molecule has 15 heavy (non-hydrogen) atoms. The number of aromatic hydroxyl groups is 2. The Morgan fingerprint density at radius 2 is 2.00 bits per heavy atom. The average Bonchev–Trinajstić information content (AvgIpc) is 2.25. The molecule has 3 heteroatoms. The van der Waals surface area contributed by atoms with Crippen LogP contribution < -0.4 is 0 Å². The lowest BCUT2D eigenvalue weighted by molar-refractivity contribution is 0.448. The number of aryl methyl sites for hydroxylation is 1. The van der Waals surface area contributed by atoms with E-state index in [9.17, 15) is 10.2 Å². The second-order valence-electron chi connectivity index (χ2n) is 3.62. The van der Waals surface area contributed by atoms with Gasteiger partial charge >= 0.3 is 0 Å². The molecule has 0 saturated heterocycles. The molecule has 0 saturated carbocycles. The number of hydrogen-bond donors (Lipinski definition) is 2. The molecule has 0 unspecified atom stereocenters. The number of aromatic nitrogens is 1. The first-order valence-corrected chi connectivity index (χ1v) is 4.93. The zero-order valence-electron chi connectivity index (χ0n) is 8.78. The lowest BCUT2D eigenvalue weighted by Crippen LogP contribution is -1.88. The van der Waals surface area contributed by atoms with Gasteiger partial charge in [0.2, 0.25) is 0 Å². The van der Waals surface area contributed by atoms with Gasteiger partial charge in [-0.25, -0.2) is 0 Å². The van der Waals surface area contributed by atoms with Crippen LogP contribution in [0.5, 0.6) is 11.5 Å². The van der Waals surface area contributed by atoms with Gasteiger partial charge in [-0.1, -0.05) is 6.92 Å². The van der Waals surface area contributed by atoms with E-state index in [1.807, 2.05) is 13.0 Å². The van der Waals surface area contributed by atoms with Gasteiger partial charge in [0, 0.05) is 22.8 Å². The van der Waals surface area contributed by atoms with Gasteiger partial charge in [-0.15, -0.1) is 0 Å². The van der Waals surface area contributed by atoms with Crippen molar-refractivity contribution < 1.29 is 10.2 Å². The maximum Gasteiger partial charge on any atom is 0.131 e. The summed E-state index contributed by atoms with van der Waals surface area (Å²) in [7, 11) is 0. The van der Waals surface area contributed by atoms with Crippen LogP contribution in [0.4, 0.5) is 0 Å². The summed E-state index contributed by atoms with van der Waals surface area (Å²) >= 11 is 0. The number of rotatable bonds is 1. The predicted molar refractivity (Wildman–Crippen MR) is 59.2 cm³/mol. The predicted octanol–water partition coefficient (Wildman–Crippen LogP) is 2.52. The fraction of sp³-hybridized carbons (Fsp3) is 0.250. The van der Waals surface area contributed by atoms with Crippen LogP contribution in [0.3, 0.4) is 0 Å². The largest absolute Gasteiger partial charge is 0.508 e. The Kier molecular flexibility index (Phi) is 2.23. The highest BCUT2D eigenvalue weighted by molar-refractivity contribution is 5.90. The van der Waals surface area contributed by atoms with Crippen molar-refractivity contribution in [1.82, 2.24) is 4.98 Å². The molecule has 0 aliphatic carbocycles. The number of nitrogens with zero attached hydrogens (tertiary/aromatic N) is 1. The summed E-state index contributed by atoms with van der Waals surface area (Å²) in [6, 6.07) is 3.54. The zero-order chi connectivity index (χ0) is 11.0. The molecule has 0 aliphatic heterocycles. The van der Waals surface area contributed by atoms with E-state index in [1.54, 1.807) is 19.2 Å². The average molecular weight is 203 g/mol. The second-order valence-corrected chi connectivity index (χ2v) is 3.62. The van der Waals surface area contributed by atoms with E-state index in [4.69, 9.17) is 0 Å². The van der Waals surface area contributed by atoms with Gasteiger partial charge in [-0.3, -0.25) is 4.98 Å². The van der Waals surface area contributed by atoms with Crippen molar-refractivity contribution in [2.24, 2.45) is 0 Å². The van der Waals surface area contributed by atoms with Gasteiger partial charge in [0.25, 0.3) is 0 Å². The van der Waals surface area contributed by atoms with Gasteiger partial charge in [0.15, 0.2) is 0 Å². The van der Waals surface area contributed by atoms with Crippen LogP contribution in [0.25, 0.3) is 10.8 Å². The highest BCUT2D eigenvalue weighted by Gasteiger charge is 2.08. The molecule has 0 spiro atoms. The van der Waals surface area contributed by atoms with Crippen LogP contribution in [-0.2, 0) is 6.42 Å². The summed E-state index contributed by atoms with van der Waals surface area (Å²) in [6.07, 6.45) is 2.49. The molecule has 2 rings (SSSR count). The van der Waals surface area contributed by atoms with E-state index in [2.05, 4.69) is 4.98 Å². The highest BCUT2D eigenvalue weighted by Crippen LogP contribution is 2.34. The number of hydrogen-bond acceptors (Lipinski definition) is 3. The molecule has 0 radical (unpaired) electrons. The van der Waals surface area contributed by atoms with E-state index >= 15 is 0 Å². The van der Waals surface area contributed by atoms with Gasteiger partial charge in [0.05, 0.1) is 0 Å². The standard InChI is InChI=1S/C12H13NO2/c1-3-9-4-8-5-11(14)7(2)12(15)10(8)6-13-9/h4-6,14-15H,3H2,1-2H3. The van der Waals surface area contributed by atoms with Crippen molar-refractivity contribution in [3.8, 4) is 11.5 Å². The number of phenolic OH excluding ortho intramolecular Hbond substituents is 2. The minimum absolute atomic E-state index is 0.111. The normalized spacial score (nSPS) is 10.8. The molecule has 0 bridgehead atoms. The minimum Gasteiger partial charge on any atom is -0.508 e. The fourth-order valence-corrected chi connectivity index (χ4v) is 1.61. The summed E-state index contributed by atoms with van der Waals surface area (Å²) < 4.78 is 0. The first-order valence-electron chi connectivity index (χ1n) is 4.93. The van der Waals surface area contributed by atoms with Crippen molar-refractivity contribution in [3.05, 3.63) is 29.6 Å². The highest BCUT2D eigenvalue weighted by atomic mass is 16.3. The van der Waals surface area contributed by atoms with Crippen molar-refractivity contribution in [2.75, 3.05) is 0 Å². The first kappa shape index (κ1) is 9.77. The van der Waals surface area contributed by atoms with Crippen LogP contribution in [-0.4, -0.2) is 15.2 Å². The molecule has 2 aromatic rings. The summed E-state index contributed by atoms with van der Waals surface area (Å²) in [4.78, 5) is 4.22. The third-order valence-electron chi connectivity index (χ3n) is 2.64. The molecular weight excluding hydrogens is 190 g/mol. The van der Waals surface area contributed by atoms with E-state index in [-0.39, 0.29) is 11.5 Å². The SMILES string of the molecule is CCc1cc2cc(O)c(C)c(O)c2cn1. The third kappa shape index (κ3) is 1.50. The fourth-order valence-electron chi connectivity index (χ4n) is 1.61. The molecule has 3 nitrogen and oxygen atoms in total. The van der Waals surface area contributed by atoms with Gasteiger partial charge in [0.1, 0.15) is 11.5 Å². The smallest absolute Gasteiger partial charge is 0.131 e. The molecule has 1 aromatic heterocycles. The van der Waals surface area contributed by atoms with E-state index in [1.165, 1.54) is 0 Å². The Bertz CT molecular complexity index is 521. The maximum absolute atomic E-state index is 9.80. The molecule has 2 N–H and O–H groups in total. The minimum atomic E-state index is 0.111. The van der Waals surface area contributed by atoms with Crippen LogP contribution in [0.2, 0.25) is 0 Å². The molecule has 0 amide bonds. The Hall–Kier alpha value is -1.77. The molecule has 0 aliphatic rings. The van der Waals surface area contributed by atoms with Crippen LogP contribution >= 0.6 is 0 Å². The number of fused-ring (bicyclic) bond motifs is 1. The molecule has 1 heterocycles. The quantitative estimate of drug-likeness (QED) is 0.748. The molecule has 1 aromatic carbocycles. The zero-order valence-corrected chi connectivity index (χ0v) is 8.78. The lowest BCUT2D eigenvalue weighted by Gasteiger charge is -2.07. The number of pyridine rings is 1. The second kappa shape index (κ2) is 3.42. The van der Waals surface area contributed by atoms with Crippen LogP contribution in [0.1, 0.15) is 18.2 Å². The van der Waals surface area contributed by atoms with E-state index in [0.29, 0.717) is 10.9 Å². The Morgan fingerprint density at radius 3 is 2.67 bits per heavy atom. The van der Waals surface area contributed by atoms with E-state index < -0.39 is 0 Å². The monoisotopic (exact) mass is 203 g/mol. The molecule has 0 atom stereocenters. The van der Waals surface area contributed by atoms with Crippen molar-refractivity contribution in [3.63, 3.8) is 0 Å². The first-order chi connectivity index (χ1) is 7.13. The molecule has 78 valence electrons. The lowest BCUT2D eigenvalue weighted by atomic mass is 10.1. The summed E-state index contributed by atoms with van der Waals surface area (Å²) in [6.45, 7) is 3.69.